The maximum Gasteiger partial charge on any atom is 0.223 e. The van der Waals surface area contributed by atoms with E-state index in [0.717, 1.165) is 38.2 Å². The molecule has 0 aliphatic carbocycles. The number of nitrogens with zero attached hydrogens (tertiary/aromatic N) is 3. The number of hydrogen-bond donors (Lipinski definition) is 0. The molecule has 4 nitrogen and oxygen atoms in total. The van der Waals surface area contributed by atoms with Crippen molar-refractivity contribution in [1.82, 2.24) is 14.7 Å². The summed E-state index contributed by atoms with van der Waals surface area (Å²) in [5.74, 6) is 0.953. The Bertz CT molecular complexity index is 491. The van der Waals surface area contributed by atoms with Crippen molar-refractivity contribution in [3.8, 4) is 0 Å². The maximum atomic E-state index is 12.2. The molecule has 1 aromatic rings. The molecule has 0 spiro atoms. The lowest BCUT2D eigenvalue weighted by molar-refractivity contribution is -0.134. The molecule has 0 bridgehead atoms. The van der Waals surface area contributed by atoms with Crippen LogP contribution in [0.15, 0.2) is 6.07 Å². The van der Waals surface area contributed by atoms with Gasteiger partial charge in [-0.15, -0.1) is 0 Å². The molecular formula is C17H29N3O. The van der Waals surface area contributed by atoms with Gasteiger partial charge in [0.05, 0.1) is 5.69 Å². The molecule has 4 heteroatoms. The van der Waals surface area contributed by atoms with Crippen molar-refractivity contribution in [3.63, 3.8) is 0 Å². The minimum Gasteiger partial charge on any atom is -0.343 e. The number of rotatable bonds is 3. The molecule has 0 unspecified atom stereocenters. The highest BCUT2D eigenvalue weighted by Crippen LogP contribution is 2.24. The summed E-state index contributed by atoms with van der Waals surface area (Å²) in [5, 5.41) is 4.54. The number of hydrogen-bond acceptors (Lipinski definition) is 2. The number of amides is 1. The predicted octanol–water partition coefficient (Wildman–Crippen LogP) is 3.17. The first-order valence-electron chi connectivity index (χ1n) is 8.03. The zero-order chi connectivity index (χ0) is 15.6. The summed E-state index contributed by atoms with van der Waals surface area (Å²) in [7, 11) is 0. The molecule has 1 fully saturated rings. The smallest absolute Gasteiger partial charge is 0.223 e. The minimum absolute atomic E-state index is 0.0810. The van der Waals surface area contributed by atoms with Crippen LogP contribution in [0.1, 0.15) is 51.4 Å². The maximum absolute atomic E-state index is 12.2. The number of likely N-dealkylation sites (tertiary alicyclic amines) is 1. The van der Waals surface area contributed by atoms with Crippen molar-refractivity contribution in [2.24, 2.45) is 11.3 Å². The molecule has 21 heavy (non-hydrogen) atoms. The van der Waals surface area contributed by atoms with Gasteiger partial charge < -0.3 is 4.90 Å². The van der Waals surface area contributed by atoms with Crippen LogP contribution in [0.3, 0.4) is 0 Å². The second kappa shape index (κ2) is 6.20. The van der Waals surface area contributed by atoms with Gasteiger partial charge in [0.15, 0.2) is 0 Å². The summed E-state index contributed by atoms with van der Waals surface area (Å²) in [5.41, 5.74) is 2.40. The van der Waals surface area contributed by atoms with Crippen LogP contribution < -0.4 is 0 Å². The lowest BCUT2D eigenvalue weighted by Crippen LogP contribution is -2.40. The number of carbonyl (C=O) groups is 1. The Hall–Kier alpha value is -1.32. The van der Waals surface area contributed by atoms with Gasteiger partial charge in [0.2, 0.25) is 5.91 Å². The Morgan fingerprint density at radius 3 is 2.38 bits per heavy atom. The molecule has 0 saturated carbocycles. The van der Waals surface area contributed by atoms with Crippen LogP contribution in [0.2, 0.25) is 0 Å². The normalized spacial score (nSPS) is 17.3. The third-order valence-corrected chi connectivity index (χ3v) is 4.18. The molecule has 2 heterocycles. The van der Waals surface area contributed by atoms with Gasteiger partial charge in [0, 0.05) is 31.7 Å². The number of carbonyl (C=O) groups excluding carboxylic acids is 1. The van der Waals surface area contributed by atoms with Crippen LogP contribution >= 0.6 is 0 Å². The lowest BCUT2D eigenvalue weighted by atomic mass is 9.90. The molecule has 0 atom stereocenters. The van der Waals surface area contributed by atoms with E-state index in [9.17, 15) is 4.79 Å². The number of aromatic nitrogens is 2. The Morgan fingerprint density at radius 1 is 1.29 bits per heavy atom. The summed E-state index contributed by atoms with van der Waals surface area (Å²) in [6.07, 6.45) is 2.83. The summed E-state index contributed by atoms with van der Waals surface area (Å²) in [4.78, 5) is 14.3. The van der Waals surface area contributed by atoms with E-state index in [1.54, 1.807) is 0 Å². The van der Waals surface area contributed by atoms with Gasteiger partial charge in [-0.3, -0.25) is 9.48 Å². The second-order valence-electron chi connectivity index (χ2n) is 7.67. The molecule has 1 aliphatic rings. The van der Waals surface area contributed by atoms with Gasteiger partial charge in [-0.1, -0.05) is 20.8 Å². The highest BCUT2D eigenvalue weighted by Gasteiger charge is 2.26. The fourth-order valence-electron chi connectivity index (χ4n) is 3.03. The first-order chi connectivity index (χ1) is 9.74. The van der Waals surface area contributed by atoms with Crippen LogP contribution in [0.25, 0.3) is 0 Å². The van der Waals surface area contributed by atoms with Crippen molar-refractivity contribution < 1.29 is 4.79 Å². The monoisotopic (exact) mass is 291 g/mol. The molecule has 1 saturated heterocycles. The van der Waals surface area contributed by atoms with Gasteiger partial charge in [-0.05, 0) is 44.1 Å². The Labute approximate surface area is 128 Å². The molecule has 0 radical (unpaired) electrons. The van der Waals surface area contributed by atoms with Crippen molar-refractivity contribution >= 4 is 5.91 Å². The highest BCUT2D eigenvalue weighted by atomic mass is 16.2. The SMILES string of the molecule is Cc1cc(C)n(CC2CCN(C(=O)CC(C)(C)C)CC2)n1. The molecule has 1 aromatic heterocycles. The van der Waals surface area contributed by atoms with Gasteiger partial charge in [-0.2, -0.15) is 5.10 Å². The molecule has 1 amide bonds. The van der Waals surface area contributed by atoms with Gasteiger partial charge >= 0.3 is 0 Å². The molecule has 2 rings (SSSR count). The number of piperidine rings is 1. The molecule has 1 aliphatic heterocycles. The zero-order valence-electron chi connectivity index (χ0n) is 14.1. The van der Waals surface area contributed by atoms with Crippen molar-refractivity contribution in [3.05, 3.63) is 17.5 Å². The Kier molecular flexibility index (Phi) is 4.74. The molecular weight excluding hydrogens is 262 g/mol. The highest BCUT2D eigenvalue weighted by molar-refractivity contribution is 5.76. The van der Waals surface area contributed by atoms with E-state index in [2.05, 4.69) is 43.5 Å². The van der Waals surface area contributed by atoms with Crippen molar-refractivity contribution in [1.29, 1.82) is 0 Å². The number of aryl methyl sites for hydroxylation is 2. The molecule has 0 aromatic carbocycles. The quantitative estimate of drug-likeness (QED) is 0.858. The minimum atomic E-state index is 0.0810. The summed E-state index contributed by atoms with van der Waals surface area (Å²) in [6.45, 7) is 13.3. The van der Waals surface area contributed by atoms with Crippen LogP contribution in [0, 0.1) is 25.2 Å². The largest absolute Gasteiger partial charge is 0.343 e. The molecule has 118 valence electrons. The van der Waals surface area contributed by atoms with E-state index < -0.39 is 0 Å². The first kappa shape index (κ1) is 16.1. The summed E-state index contributed by atoms with van der Waals surface area (Å²) < 4.78 is 2.12. The molecule has 0 N–H and O–H groups in total. The van der Waals surface area contributed by atoms with Crippen LogP contribution in [-0.4, -0.2) is 33.7 Å². The third kappa shape index (κ3) is 4.58. The third-order valence-electron chi connectivity index (χ3n) is 4.18. The average molecular weight is 291 g/mol. The first-order valence-corrected chi connectivity index (χ1v) is 8.03. The summed E-state index contributed by atoms with van der Waals surface area (Å²) in [6, 6.07) is 2.13. The van der Waals surface area contributed by atoms with E-state index in [1.165, 1.54) is 5.69 Å². The predicted molar refractivity (Wildman–Crippen MR) is 85.1 cm³/mol. The summed E-state index contributed by atoms with van der Waals surface area (Å²) >= 11 is 0. The van der Waals surface area contributed by atoms with Gasteiger partial charge in [0.25, 0.3) is 0 Å². The van der Waals surface area contributed by atoms with Crippen LogP contribution in [0.4, 0.5) is 0 Å². The standard InChI is InChI=1S/C17H29N3O/c1-13-10-14(2)20(18-13)12-15-6-8-19(9-7-15)16(21)11-17(3,4)5/h10,15H,6-9,11-12H2,1-5H3. The zero-order valence-corrected chi connectivity index (χ0v) is 14.1. The van der Waals surface area contributed by atoms with E-state index in [1.807, 2.05) is 11.8 Å². The van der Waals surface area contributed by atoms with Gasteiger partial charge in [0.1, 0.15) is 0 Å². The fourth-order valence-corrected chi connectivity index (χ4v) is 3.03. The van der Waals surface area contributed by atoms with Crippen LogP contribution in [-0.2, 0) is 11.3 Å². The topological polar surface area (TPSA) is 38.1 Å². The van der Waals surface area contributed by atoms with E-state index in [-0.39, 0.29) is 5.41 Å². The Balaban J connectivity index is 1.83. The Morgan fingerprint density at radius 2 is 1.90 bits per heavy atom. The van der Waals surface area contributed by atoms with Crippen molar-refractivity contribution in [2.75, 3.05) is 13.1 Å². The van der Waals surface area contributed by atoms with Crippen LogP contribution in [0.5, 0.6) is 0 Å². The lowest BCUT2D eigenvalue weighted by Gasteiger charge is -2.33. The van der Waals surface area contributed by atoms with E-state index in [0.29, 0.717) is 18.2 Å². The fraction of sp³-hybridized carbons (Fsp3) is 0.765. The van der Waals surface area contributed by atoms with E-state index >= 15 is 0 Å². The van der Waals surface area contributed by atoms with E-state index in [4.69, 9.17) is 0 Å². The second-order valence-corrected chi connectivity index (χ2v) is 7.67. The van der Waals surface area contributed by atoms with Crippen molar-refractivity contribution in [2.45, 2.75) is 60.4 Å². The average Bonchev–Trinajstić information content (AvgIpc) is 2.66. The van der Waals surface area contributed by atoms with Gasteiger partial charge in [-0.25, -0.2) is 0 Å².